The van der Waals surface area contributed by atoms with Crippen LogP contribution in [0.4, 0.5) is 0 Å². The fraction of sp³-hybridized carbons (Fsp3) is 0.417. The number of carbonyl (C=O) groups excluding carboxylic acids is 2. The molecule has 2 aromatic carbocycles. The summed E-state index contributed by atoms with van der Waals surface area (Å²) in [6, 6.07) is 19.9. The van der Waals surface area contributed by atoms with Crippen molar-refractivity contribution in [1.82, 2.24) is 0 Å². The predicted octanol–water partition coefficient (Wildman–Crippen LogP) is 2.18. The molecular formula is C24H26O7Se. The van der Waals surface area contributed by atoms with Gasteiger partial charge in [0.15, 0.2) is 0 Å². The molecule has 2 heterocycles. The third kappa shape index (κ3) is 4.90. The van der Waals surface area contributed by atoms with Crippen LogP contribution >= 0.6 is 0 Å². The van der Waals surface area contributed by atoms with Gasteiger partial charge >= 0.3 is 193 Å². The molecule has 0 unspecified atom stereocenters. The van der Waals surface area contributed by atoms with Gasteiger partial charge in [0.25, 0.3) is 0 Å². The van der Waals surface area contributed by atoms with E-state index in [0.29, 0.717) is 0 Å². The third-order valence-electron chi connectivity index (χ3n) is 5.44. The number of benzene rings is 2. The molecule has 2 saturated heterocycles. The van der Waals surface area contributed by atoms with Crippen molar-refractivity contribution in [3.05, 3.63) is 66.2 Å². The first-order chi connectivity index (χ1) is 15.5. The molecule has 7 atom stereocenters. The fourth-order valence-corrected chi connectivity index (χ4v) is 6.97. The van der Waals surface area contributed by atoms with E-state index in [1.807, 2.05) is 48.5 Å². The normalized spacial score (nSPS) is 31.5. The molecule has 0 aliphatic carbocycles. The first kappa shape index (κ1) is 23.0. The van der Waals surface area contributed by atoms with Gasteiger partial charge in [0.05, 0.1) is 0 Å². The molecule has 0 amide bonds. The Labute approximate surface area is 193 Å². The number of carbonyl (C=O) groups is 2. The van der Waals surface area contributed by atoms with E-state index in [2.05, 4.69) is 12.1 Å². The van der Waals surface area contributed by atoms with Crippen molar-refractivity contribution < 1.29 is 33.3 Å². The van der Waals surface area contributed by atoms with Crippen LogP contribution in [-0.2, 0) is 33.3 Å². The minimum absolute atomic E-state index is 0.0989. The van der Waals surface area contributed by atoms with Crippen molar-refractivity contribution in [2.75, 3.05) is 7.11 Å². The van der Waals surface area contributed by atoms with Gasteiger partial charge in [0.2, 0.25) is 0 Å². The van der Waals surface area contributed by atoms with Gasteiger partial charge in [-0.3, -0.25) is 0 Å². The van der Waals surface area contributed by atoms with Crippen molar-refractivity contribution in [2.24, 2.45) is 0 Å². The van der Waals surface area contributed by atoms with E-state index in [-0.39, 0.29) is 25.9 Å². The second-order valence-corrected chi connectivity index (χ2v) is 10.3. The van der Waals surface area contributed by atoms with Gasteiger partial charge in [-0.25, -0.2) is 0 Å². The summed E-state index contributed by atoms with van der Waals surface area (Å²) in [6.07, 6.45) is -3.80. The Balaban J connectivity index is 1.75. The zero-order valence-electron chi connectivity index (χ0n) is 18.1. The van der Waals surface area contributed by atoms with Gasteiger partial charge in [-0.2, -0.15) is 0 Å². The zero-order valence-corrected chi connectivity index (χ0v) is 19.8. The number of methoxy groups -OCH3 is 1. The minimum atomic E-state index is -0.814. The molecule has 2 aliphatic heterocycles. The number of rotatable bonds is 6. The number of fused-ring (bicyclic) bond motifs is 1. The zero-order chi connectivity index (χ0) is 22.7. The van der Waals surface area contributed by atoms with E-state index < -0.39 is 42.6 Å². The Bertz CT molecular complexity index is 922. The molecule has 0 aromatic heterocycles. The van der Waals surface area contributed by atoms with Crippen LogP contribution in [0.25, 0.3) is 0 Å². The van der Waals surface area contributed by atoms with Crippen molar-refractivity contribution in [3.63, 3.8) is 0 Å². The summed E-state index contributed by atoms with van der Waals surface area (Å²) in [6.45, 7) is 2.73. The molecule has 2 aromatic rings. The maximum absolute atomic E-state index is 12.1. The second-order valence-electron chi connectivity index (χ2n) is 7.68. The van der Waals surface area contributed by atoms with E-state index in [4.69, 9.17) is 23.7 Å². The van der Waals surface area contributed by atoms with Crippen LogP contribution < -0.4 is 4.46 Å². The van der Waals surface area contributed by atoms with E-state index in [1.165, 1.54) is 21.0 Å². The third-order valence-corrected chi connectivity index (χ3v) is 8.23. The van der Waals surface area contributed by atoms with E-state index in [1.54, 1.807) is 0 Å². The fourth-order valence-electron chi connectivity index (χ4n) is 4.20. The Kier molecular flexibility index (Phi) is 7.28. The van der Waals surface area contributed by atoms with E-state index >= 15 is 0 Å². The van der Waals surface area contributed by atoms with Gasteiger partial charge in [0.1, 0.15) is 0 Å². The van der Waals surface area contributed by atoms with Crippen molar-refractivity contribution in [2.45, 2.75) is 55.5 Å². The summed E-state index contributed by atoms with van der Waals surface area (Å²) in [5, 5.41) is 0. The standard InChI is InChI=1S/C24H26O7Se/c1-14(25)28-21-19-20(22(29-15(2)26)24(27-3)31-19)30-18(16-10-6-4-7-11-16)23(21)32-17-12-8-5-9-13-17/h4-13,18-24H,1-3H3/t18-,19+,20-,21+,22-,23-,24-/m1/s1. The molecule has 0 bridgehead atoms. The van der Waals surface area contributed by atoms with Crippen LogP contribution in [0, 0.1) is 0 Å². The Morgan fingerprint density at radius 3 is 1.97 bits per heavy atom. The molecule has 0 saturated carbocycles. The van der Waals surface area contributed by atoms with Crippen LogP contribution in [-0.4, -0.2) is 64.7 Å². The average molecular weight is 505 g/mol. The molecule has 0 radical (unpaired) electrons. The average Bonchev–Trinajstić information content (AvgIpc) is 3.13. The molecule has 0 N–H and O–H groups in total. The summed E-state index contributed by atoms with van der Waals surface area (Å²) >= 11 is -0.0989. The van der Waals surface area contributed by atoms with Gasteiger partial charge in [0, 0.05) is 0 Å². The number of hydrogen-bond acceptors (Lipinski definition) is 7. The second kappa shape index (κ2) is 10.1. The quantitative estimate of drug-likeness (QED) is 0.440. The molecular weight excluding hydrogens is 479 g/mol. The van der Waals surface area contributed by atoms with E-state index in [9.17, 15) is 9.59 Å². The molecule has 32 heavy (non-hydrogen) atoms. The molecule has 170 valence electrons. The van der Waals surface area contributed by atoms with Crippen LogP contribution in [0.5, 0.6) is 0 Å². The van der Waals surface area contributed by atoms with Crippen LogP contribution in [0.1, 0.15) is 25.5 Å². The summed E-state index contributed by atoms with van der Waals surface area (Å²) in [7, 11) is 1.49. The van der Waals surface area contributed by atoms with Gasteiger partial charge in [-0.05, 0) is 0 Å². The van der Waals surface area contributed by atoms with Gasteiger partial charge in [-0.15, -0.1) is 0 Å². The van der Waals surface area contributed by atoms with Crippen LogP contribution in [0.15, 0.2) is 60.7 Å². The molecule has 8 heteroatoms. The topological polar surface area (TPSA) is 80.3 Å². The first-order valence-corrected chi connectivity index (χ1v) is 12.3. The van der Waals surface area contributed by atoms with Crippen molar-refractivity contribution >= 4 is 31.4 Å². The van der Waals surface area contributed by atoms with E-state index in [0.717, 1.165) is 10.0 Å². The summed E-state index contributed by atoms with van der Waals surface area (Å²) < 4.78 is 30.7. The van der Waals surface area contributed by atoms with Crippen molar-refractivity contribution in [3.8, 4) is 0 Å². The maximum atomic E-state index is 12.1. The monoisotopic (exact) mass is 506 g/mol. The molecule has 4 rings (SSSR count). The summed E-state index contributed by atoms with van der Waals surface area (Å²) in [4.78, 5) is 23.7. The van der Waals surface area contributed by atoms with Crippen LogP contribution in [0.3, 0.4) is 0 Å². The Hall–Kier alpha value is -2.22. The van der Waals surface area contributed by atoms with Crippen LogP contribution in [0.2, 0.25) is 4.82 Å². The Morgan fingerprint density at radius 2 is 1.38 bits per heavy atom. The Morgan fingerprint density at radius 1 is 0.812 bits per heavy atom. The van der Waals surface area contributed by atoms with Gasteiger partial charge in [-0.1, -0.05) is 0 Å². The SMILES string of the molecule is CO[C@@H]1O[C@H]2[C@@H](O[C@H](c3ccccc3)[C@@H]([Se]c3ccccc3)[C@H]2OC(C)=O)[C@H]1OC(C)=O. The van der Waals surface area contributed by atoms with Gasteiger partial charge < -0.3 is 0 Å². The number of hydrogen-bond donors (Lipinski definition) is 0. The number of ether oxygens (including phenoxy) is 5. The molecule has 7 nitrogen and oxygen atoms in total. The summed E-state index contributed by atoms with van der Waals surface area (Å²) in [5.41, 5.74) is 0.966. The molecule has 2 fully saturated rings. The van der Waals surface area contributed by atoms with Crippen molar-refractivity contribution in [1.29, 1.82) is 0 Å². The molecule has 2 aliphatic rings. The molecule has 0 spiro atoms. The summed E-state index contributed by atoms with van der Waals surface area (Å²) in [5.74, 6) is -0.856. The number of esters is 2. The predicted molar refractivity (Wildman–Crippen MR) is 116 cm³/mol. The first-order valence-electron chi connectivity index (χ1n) is 10.4.